The van der Waals surface area contributed by atoms with Gasteiger partial charge < -0.3 is 10.6 Å². The Morgan fingerprint density at radius 2 is 2.41 bits per heavy atom. The summed E-state index contributed by atoms with van der Waals surface area (Å²) in [5.74, 6) is 0. The molecule has 3 N–H and O–H groups in total. The van der Waals surface area contributed by atoms with Crippen LogP contribution in [0.15, 0.2) is 12.3 Å². The van der Waals surface area contributed by atoms with Crippen LogP contribution in [0.2, 0.25) is 0 Å². The van der Waals surface area contributed by atoms with Crippen LogP contribution in [0.3, 0.4) is 0 Å². The Morgan fingerprint density at radius 3 is 3.24 bits per heavy atom. The maximum atomic E-state index is 3.95. The van der Waals surface area contributed by atoms with Crippen molar-refractivity contribution in [1.82, 2.24) is 20.8 Å². The van der Waals surface area contributed by atoms with Crippen LogP contribution in [0.4, 0.5) is 0 Å². The van der Waals surface area contributed by atoms with Gasteiger partial charge >= 0.3 is 0 Å². The molecule has 96 valence electrons. The van der Waals surface area contributed by atoms with Gasteiger partial charge in [-0.25, -0.2) is 0 Å². The second-order valence-electron chi connectivity index (χ2n) is 5.10. The third kappa shape index (κ3) is 4.48. The SMILES string of the molecule is CC(CC1CCCCCN1)NCc1ccn[nH]1. The van der Waals surface area contributed by atoms with Gasteiger partial charge in [0.05, 0.1) is 0 Å². The quantitative estimate of drug-likeness (QED) is 0.731. The summed E-state index contributed by atoms with van der Waals surface area (Å²) in [6, 6.07) is 3.26. The standard InChI is InChI=1S/C13H24N4/c1-11(15-10-13-6-8-16-17-13)9-12-5-3-2-4-7-14-12/h6,8,11-12,14-15H,2-5,7,9-10H2,1H3,(H,16,17). The second kappa shape index (κ2) is 6.77. The van der Waals surface area contributed by atoms with Gasteiger partial charge in [0.15, 0.2) is 0 Å². The molecule has 0 amide bonds. The molecule has 1 saturated heterocycles. The van der Waals surface area contributed by atoms with Gasteiger partial charge in [0.25, 0.3) is 0 Å². The van der Waals surface area contributed by atoms with E-state index >= 15 is 0 Å². The van der Waals surface area contributed by atoms with Crippen molar-refractivity contribution < 1.29 is 0 Å². The van der Waals surface area contributed by atoms with Crippen LogP contribution in [0, 0.1) is 0 Å². The number of aromatic amines is 1. The Labute approximate surface area is 104 Å². The monoisotopic (exact) mass is 236 g/mol. The van der Waals surface area contributed by atoms with Crippen molar-refractivity contribution >= 4 is 0 Å². The molecule has 0 spiro atoms. The van der Waals surface area contributed by atoms with Crippen molar-refractivity contribution in [2.75, 3.05) is 6.54 Å². The fraction of sp³-hybridized carbons (Fsp3) is 0.769. The molecule has 2 unspecified atom stereocenters. The maximum absolute atomic E-state index is 3.95. The van der Waals surface area contributed by atoms with Gasteiger partial charge in [-0.05, 0) is 38.8 Å². The molecule has 2 rings (SSSR count). The predicted molar refractivity (Wildman–Crippen MR) is 69.8 cm³/mol. The lowest BCUT2D eigenvalue weighted by atomic mass is 10.0. The lowest BCUT2D eigenvalue weighted by Gasteiger charge is -2.21. The van der Waals surface area contributed by atoms with E-state index in [1.165, 1.54) is 38.6 Å². The summed E-state index contributed by atoms with van der Waals surface area (Å²) in [7, 11) is 0. The van der Waals surface area contributed by atoms with Crippen molar-refractivity contribution in [3.05, 3.63) is 18.0 Å². The third-order valence-electron chi connectivity index (χ3n) is 3.50. The van der Waals surface area contributed by atoms with Gasteiger partial charge in [-0.15, -0.1) is 0 Å². The average molecular weight is 236 g/mol. The van der Waals surface area contributed by atoms with Crippen LogP contribution in [0.1, 0.15) is 44.7 Å². The zero-order valence-corrected chi connectivity index (χ0v) is 10.7. The highest BCUT2D eigenvalue weighted by Gasteiger charge is 2.14. The van der Waals surface area contributed by atoms with Gasteiger partial charge in [0.1, 0.15) is 0 Å². The molecule has 1 aromatic rings. The molecule has 1 aromatic heterocycles. The van der Waals surface area contributed by atoms with E-state index < -0.39 is 0 Å². The van der Waals surface area contributed by atoms with E-state index in [1.807, 2.05) is 6.07 Å². The Hall–Kier alpha value is -0.870. The predicted octanol–water partition coefficient (Wildman–Crippen LogP) is 1.81. The first-order valence-electron chi connectivity index (χ1n) is 6.79. The largest absolute Gasteiger partial charge is 0.314 e. The summed E-state index contributed by atoms with van der Waals surface area (Å²) in [5.41, 5.74) is 1.16. The van der Waals surface area contributed by atoms with Gasteiger partial charge in [-0.3, -0.25) is 5.10 Å². The third-order valence-corrected chi connectivity index (χ3v) is 3.50. The summed E-state index contributed by atoms with van der Waals surface area (Å²) in [6.45, 7) is 4.34. The molecular formula is C13H24N4. The Balaban J connectivity index is 1.67. The molecule has 0 aliphatic carbocycles. The maximum Gasteiger partial charge on any atom is 0.0490 e. The number of H-pyrrole nitrogens is 1. The van der Waals surface area contributed by atoms with Crippen molar-refractivity contribution in [3.8, 4) is 0 Å². The van der Waals surface area contributed by atoms with Gasteiger partial charge in [0, 0.05) is 30.5 Å². The van der Waals surface area contributed by atoms with Crippen LogP contribution in [-0.4, -0.2) is 28.8 Å². The van der Waals surface area contributed by atoms with Crippen LogP contribution in [0.5, 0.6) is 0 Å². The number of hydrogen-bond donors (Lipinski definition) is 3. The normalized spacial score (nSPS) is 23.2. The Bertz CT molecular complexity index is 288. The number of rotatable bonds is 5. The molecule has 0 radical (unpaired) electrons. The molecular weight excluding hydrogens is 212 g/mol. The fourth-order valence-corrected chi connectivity index (χ4v) is 2.48. The molecule has 0 saturated carbocycles. The smallest absolute Gasteiger partial charge is 0.0490 e. The van der Waals surface area contributed by atoms with Gasteiger partial charge in [0.2, 0.25) is 0 Å². The number of nitrogens with zero attached hydrogens (tertiary/aromatic N) is 1. The van der Waals surface area contributed by atoms with Gasteiger partial charge in [-0.2, -0.15) is 5.10 Å². The van der Waals surface area contributed by atoms with Crippen LogP contribution in [-0.2, 0) is 6.54 Å². The first-order valence-corrected chi connectivity index (χ1v) is 6.79. The molecule has 0 aromatic carbocycles. The van der Waals surface area contributed by atoms with Crippen molar-refractivity contribution in [1.29, 1.82) is 0 Å². The molecule has 1 aliphatic heterocycles. The fourth-order valence-electron chi connectivity index (χ4n) is 2.48. The highest BCUT2D eigenvalue weighted by atomic mass is 15.1. The lowest BCUT2D eigenvalue weighted by molar-refractivity contribution is 0.401. The summed E-state index contributed by atoms with van der Waals surface area (Å²) in [6.07, 6.45) is 8.45. The van der Waals surface area contributed by atoms with E-state index in [0.717, 1.165) is 12.2 Å². The number of aromatic nitrogens is 2. The van der Waals surface area contributed by atoms with Crippen molar-refractivity contribution in [2.45, 2.75) is 57.7 Å². The van der Waals surface area contributed by atoms with Crippen molar-refractivity contribution in [3.63, 3.8) is 0 Å². The average Bonchev–Trinajstić information content (AvgIpc) is 2.72. The minimum atomic E-state index is 0.550. The first kappa shape index (κ1) is 12.6. The Kier molecular flexibility index (Phi) is 5.01. The second-order valence-corrected chi connectivity index (χ2v) is 5.10. The summed E-state index contributed by atoms with van der Waals surface area (Å²) in [4.78, 5) is 0. The minimum Gasteiger partial charge on any atom is -0.314 e. The number of nitrogens with one attached hydrogen (secondary N) is 3. The van der Waals surface area contributed by atoms with E-state index in [4.69, 9.17) is 0 Å². The Morgan fingerprint density at radius 1 is 1.47 bits per heavy atom. The molecule has 1 aliphatic rings. The topological polar surface area (TPSA) is 52.7 Å². The van der Waals surface area contributed by atoms with E-state index in [9.17, 15) is 0 Å². The van der Waals surface area contributed by atoms with Crippen LogP contribution in [0.25, 0.3) is 0 Å². The molecule has 1 fully saturated rings. The molecule has 0 bridgehead atoms. The van der Waals surface area contributed by atoms with E-state index in [2.05, 4.69) is 27.8 Å². The van der Waals surface area contributed by atoms with Gasteiger partial charge in [-0.1, -0.05) is 12.8 Å². The highest BCUT2D eigenvalue weighted by molar-refractivity contribution is 4.96. The zero-order chi connectivity index (χ0) is 11.9. The van der Waals surface area contributed by atoms with E-state index in [1.54, 1.807) is 6.20 Å². The first-order chi connectivity index (χ1) is 8.34. The van der Waals surface area contributed by atoms with Crippen LogP contribution < -0.4 is 10.6 Å². The van der Waals surface area contributed by atoms with E-state index in [-0.39, 0.29) is 0 Å². The molecule has 17 heavy (non-hydrogen) atoms. The molecule has 4 heteroatoms. The molecule has 2 heterocycles. The summed E-state index contributed by atoms with van der Waals surface area (Å²) in [5, 5.41) is 14.1. The highest BCUT2D eigenvalue weighted by Crippen LogP contribution is 2.12. The summed E-state index contributed by atoms with van der Waals surface area (Å²) < 4.78 is 0. The lowest BCUT2D eigenvalue weighted by Crippen LogP contribution is -2.36. The minimum absolute atomic E-state index is 0.550. The van der Waals surface area contributed by atoms with E-state index in [0.29, 0.717) is 12.1 Å². The summed E-state index contributed by atoms with van der Waals surface area (Å²) >= 11 is 0. The van der Waals surface area contributed by atoms with Crippen LogP contribution >= 0.6 is 0 Å². The molecule has 4 nitrogen and oxygen atoms in total. The molecule has 2 atom stereocenters. The number of hydrogen-bond acceptors (Lipinski definition) is 3. The zero-order valence-electron chi connectivity index (χ0n) is 10.7. The van der Waals surface area contributed by atoms with Crippen molar-refractivity contribution in [2.24, 2.45) is 0 Å².